The van der Waals surface area contributed by atoms with Crippen LogP contribution in [0.25, 0.3) is 0 Å². The average Bonchev–Trinajstić information content (AvgIpc) is 3.05. The molecule has 2 aromatic heterocycles. The van der Waals surface area contributed by atoms with E-state index in [1.54, 1.807) is 4.68 Å². The second-order valence-electron chi connectivity index (χ2n) is 5.14. The Hall–Kier alpha value is -2.64. The van der Waals surface area contributed by atoms with E-state index >= 15 is 0 Å². The van der Waals surface area contributed by atoms with Crippen LogP contribution in [0.1, 0.15) is 29.5 Å². The van der Waals surface area contributed by atoms with E-state index in [4.69, 9.17) is 5.11 Å². The molecule has 0 saturated carbocycles. The molecule has 0 aliphatic heterocycles. The molecule has 0 aliphatic carbocycles. The summed E-state index contributed by atoms with van der Waals surface area (Å²) in [6, 6.07) is 3.24. The van der Waals surface area contributed by atoms with Crippen LogP contribution < -0.4 is 5.32 Å². The van der Waals surface area contributed by atoms with Crippen LogP contribution in [0.3, 0.4) is 0 Å². The van der Waals surface area contributed by atoms with E-state index in [-0.39, 0.29) is 30.6 Å². The first-order valence-electron chi connectivity index (χ1n) is 7.00. The third-order valence-corrected chi connectivity index (χ3v) is 3.13. The first-order valence-corrected chi connectivity index (χ1v) is 7.00. The summed E-state index contributed by atoms with van der Waals surface area (Å²) in [6.45, 7) is 4.62. The molecule has 8 heteroatoms. The number of hydrogen-bond acceptors (Lipinski definition) is 4. The highest BCUT2D eigenvalue weighted by Gasteiger charge is 2.13. The van der Waals surface area contributed by atoms with Gasteiger partial charge in [0.15, 0.2) is 0 Å². The smallest absolute Gasteiger partial charge is 0.354 e. The van der Waals surface area contributed by atoms with E-state index in [9.17, 15) is 9.59 Å². The highest BCUT2D eigenvalue weighted by Crippen LogP contribution is 2.01. The number of aromatic carboxylic acids is 1. The number of carbonyl (C=O) groups excluding carboxylic acids is 1. The second kappa shape index (κ2) is 6.88. The summed E-state index contributed by atoms with van der Waals surface area (Å²) in [6.07, 6.45) is 3.44. The van der Waals surface area contributed by atoms with E-state index in [1.165, 1.54) is 16.9 Å². The third kappa shape index (κ3) is 4.18. The van der Waals surface area contributed by atoms with Crippen LogP contribution in [0.15, 0.2) is 24.5 Å². The number of rotatable bonds is 7. The van der Waals surface area contributed by atoms with Crippen LogP contribution in [-0.2, 0) is 17.9 Å². The van der Waals surface area contributed by atoms with E-state index < -0.39 is 5.97 Å². The molecule has 118 valence electrons. The minimum absolute atomic E-state index is 0.0663. The third-order valence-electron chi connectivity index (χ3n) is 3.13. The van der Waals surface area contributed by atoms with Gasteiger partial charge in [0.2, 0.25) is 5.91 Å². The number of hydrogen-bond donors (Lipinski definition) is 2. The number of aromatic nitrogens is 4. The zero-order valence-corrected chi connectivity index (χ0v) is 12.6. The van der Waals surface area contributed by atoms with Crippen molar-refractivity contribution in [2.45, 2.75) is 39.4 Å². The lowest BCUT2D eigenvalue weighted by molar-refractivity contribution is -0.122. The van der Waals surface area contributed by atoms with Gasteiger partial charge in [-0.2, -0.15) is 10.2 Å². The summed E-state index contributed by atoms with van der Waals surface area (Å²) in [5.74, 6) is -1.21. The monoisotopic (exact) mass is 305 g/mol. The lowest BCUT2D eigenvalue weighted by Gasteiger charge is -2.14. The second-order valence-corrected chi connectivity index (χ2v) is 5.14. The van der Waals surface area contributed by atoms with Gasteiger partial charge in [-0.3, -0.25) is 14.2 Å². The fourth-order valence-electron chi connectivity index (χ4n) is 2.14. The first-order chi connectivity index (χ1) is 10.5. The first kappa shape index (κ1) is 15.7. The molecule has 0 radical (unpaired) electrons. The highest BCUT2D eigenvalue weighted by molar-refractivity contribution is 5.85. The van der Waals surface area contributed by atoms with Crippen molar-refractivity contribution in [3.05, 3.63) is 35.9 Å². The van der Waals surface area contributed by atoms with Crippen LogP contribution in [0.4, 0.5) is 0 Å². The fraction of sp³-hybridized carbons (Fsp3) is 0.429. The number of nitrogens with zero attached hydrogens (tertiary/aromatic N) is 4. The summed E-state index contributed by atoms with van der Waals surface area (Å²) in [4.78, 5) is 22.8. The molecule has 1 amide bonds. The fourth-order valence-corrected chi connectivity index (χ4v) is 2.14. The maximum atomic E-state index is 11.9. The molecule has 8 nitrogen and oxygen atoms in total. The zero-order valence-electron chi connectivity index (χ0n) is 12.6. The van der Waals surface area contributed by atoms with Crippen molar-refractivity contribution in [3.63, 3.8) is 0 Å². The standard InChI is InChI=1S/C14H19N5O3/c1-10-4-7-18(17-10)9-11(2)16-13(20)5-8-19-12(14(21)22)3-6-15-19/h3-4,6-7,11H,5,8-9H2,1-2H3,(H,16,20)(H,21,22). The average molecular weight is 305 g/mol. The molecule has 1 unspecified atom stereocenters. The van der Waals surface area contributed by atoms with Gasteiger partial charge < -0.3 is 10.4 Å². The number of carboxylic acids is 1. The summed E-state index contributed by atoms with van der Waals surface area (Å²) in [5.41, 5.74) is 1.01. The largest absolute Gasteiger partial charge is 0.477 e. The molecule has 2 heterocycles. The molecule has 0 aromatic carbocycles. The van der Waals surface area contributed by atoms with Crippen molar-refractivity contribution in [1.29, 1.82) is 0 Å². The molecule has 2 N–H and O–H groups in total. The number of amides is 1. The van der Waals surface area contributed by atoms with Crippen molar-refractivity contribution in [2.24, 2.45) is 0 Å². The summed E-state index contributed by atoms with van der Waals surface area (Å²) < 4.78 is 3.08. The highest BCUT2D eigenvalue weighted by atomic mass is 16.4. The van der Waals surface area contributed by atoms with Crippen LogP contribution in [0.2, 0.25) is 0 Å². The van der Waals surface area contributed by atoms with Gasteiger partial charge in [-0.05, 0) is 26.0 Å². The van der Waals surface area contributed by atoms with Crippen molar-refractivity contribution in [1.82, 2.24) is 24.9 Å². The summed E-state index contributed by atoms with van der Waals surface area (Å²) >= 11 is 0. The SMILES string of the molecule is Cc1ccn(CC(C)NC(=O)CCn2nccc2C(=O)O)n1. The van der Waals surface area contributed by atoms with E-state index in [1.807, 2.05) is 26.1 Å². The van der Waals surface area contributed by atoms with Crippen LogP contribution >= 0.6 is 0 Å². The van der Waals surface area contributed by atoms with Crippen molar-refractivity contribution in [2.75, 3.05) is 0 Å². The Balaban J connectivity index is 1.80. The van der Waals surface area contributed by atoms with E-state index in [0.717, 1.165) is 5.69 Å². The van der Waals surface area contributed by atoms with E-state index in [2.05, 4.69) is 15.5 Å². The molecular formula is C14H19N5O3. The lowest BCUT2D eigenvalue weighted by Crippen LogP contribution is -2.36. The molecule has 1 atom stereocenters. The Morgan fingerprint density at radius 1 is 1.41 bits per heavy atom. The van der Waals surface area contributed by atoms with E-state index in [0.29, 0.717) is 6.54 Å². The Bertz CT molecular complexity index is 661. The van der Waals surface area contributed by atoms with Gasteiger partial charge in [0.05, 0.1) is 18.8 Å². The molecule has 0 spiro atoms. The summed E-state index contributed by atoms with van der Waals surface area (Å²) in [7, 11) is 0. The van der Waals surface area contributed by atoms with Gasteiger partial charge in [0, 0.05) is 24.9 Å². The zero-order chi connectivity index (χ0) is 16.1. The van der Waals surface area contributed by atoms with Crippen molar-refractivity contribution >= 4 is 11.9 Å². The lowest BCUT2D eigenvalue weighted by atomic mass is 10.3. The quantitative estimate of drug-likeness (QED) is 0.783. The molecular weight excluding hydrogens is 286 g/mol. The van der Waals surface area contributed by atoms with Crippen molar-refractivity contribution in [3.8, 4) is 0 Å². The van der Waals surface area contributed by atoms with Gasteiger partial charge in [-0.1, -0.05) is 0 Å². The van der Waals surface area contributed by atoms with Gasteiger partial charge in [0.25, 0.3) is 0 Å². The van der Waals surface area contributed by atoms with Crippen molar-refractivity contribution < 1.29 is 14.7 Å². The molecule has 0 saturated heterocycles. The molecule has 2 aromatic rings. The molecule has 0 aliphatic rings. The Kier molecular flexibility index (Phi) is 4.92. The molecule has 2 rings (SSSR count). The molecule has 22 heavy (non-hydrogen) atoms. The molecule has 0 bridgehead atoms. The van der Waals surface area contributed by atoms with Gasteiger partial charge in [0.1, 0.15) is 5.69 Å². The number of nitrogens with one attached hydrogen (secondary N) is 1. The Morgan fingerprint density at radius 2 is 2.18 bits per heavy atom. The van der Waals surface area contributed by atoms with Crippen LogP contribution in [0.5, 0.6) is 0 Å². The van der Waals surface area contributed by atoms with Crippen LogP contribution in [-0.4, -0.2) is 42.6 Å². The normalized spacial score (nSPS) is 12.1. The van der Waals surface area contributed by atoms with Crippen LogP contribution in [0, 0.1) is 6.92 Å². The topological polar surface area (TPSA) is 102 Å². The predicted octanol–water partition coefficient (Wildman–Crippen LogP) is 0.681. The van der Waals surface area contributed by atoms with Gasteiger partial charge in [-0.25, -0.2) is 4.79 Å². The maximum Gasteiger partial charge on any atom is 0.354 e. The Labute approximate surface area is 127 Å². The number of aryl methyl sites for hydroxylation is 2. The maximum absolute atomic E-state index is 11.9. The number of carboxylic acid groups (broad SMARTS) is 1. The van der Waals surface area contributed by atoms with Gasteiger partial charge >= 0.3 is 5.97 Å². The minimum atomic E-state index is -1.06. The predicted molar refractivity (Wildman–Crippen MR) is 78.4 cm³/mol. The number of carbonyl (C=O) groups is 2. The minimum Gasteiger partial charge on any atom is -0.477 e. The van der Waals surface area contributed by atoms with Gasteiger partial charge in [-0.15, -0.1) is 0 Å². The summed E-state index contributed by atoms with van der Waals surface area (Å²) in [5, 5.41) is 20.0. The molecule has 0 fully saturated rings. The Morgan fingerprint density at radius 3 is 2.82 bits per heavy atom.